The third-order valence-electron chi connectivity index (χ3n) is 5.18. The Balaban J connectivity index is 1.50. The van der Waals surface area contributed by atoms with Crippen molar-refractivity contribution in [1.82, 2.24) is 5.43 Å². The van der Waals surface area contributed by atoms with Crippen LogP contribution in [0.4, 0.5) is 0 Å². The maximum absolute atomic E-state index is 12.1. The number of ether oxygens (including phenoxy) is 1. The smallest absolute Gasteiger partial charge is 0.277 e. The molecule has 3 rings (SSSR count). The molecule has 0 saturated carbocycles. The highest BCUT2D eigenvalue weighted by Gasteiger charge is 2.27. The number of hydrazone groups is 1. The van der Waals surface area contributed by atoms with E-state index in [-0.39, 0.29) is 23.3 Å². The van der Waals surface area contributed by atoms with Crippen molar-refractivity contribution in [2.75, 3.05) is 6.61 Å². The minimum Gasteiger partial charge on any atom is -0.484 e. The van der Waals surface area contributed by atoms with Crippen LogP contribution in [0.2, 0.25) is 10.0 Å². The maximum Gasteiger partial charge on any atom is 0.277 e. The summed E-state index contributed by atoms with van der Waals surface area (Å²) in [5.41, 5.74) is 4.63. The van der Waals surface area contributed by atoms with Gasteiger partial charge in [0.15, 0.2) is 6.61 Å². The van der Waals surface area contributed by atoms with Crippen LogP contribution in [0.3, 0.4) is 0 Å². The average molecular weight is 501 g/mol. The molecule has 1 N–H and O–H groups in total. The van der Waals surface area contributed by atoms with Gasteiger partial charge in [-0.3, -0.25) is 4.79 Å². The number of carbonyl (C=O) groups excluding carboxylic acids is 1. The van der Waals surface area contributed by atoms with Crippen molar-refractivity contribution in [3.63, 3.8) is 0 Å². The number of nitrogens with zero attached hydrogens (tertiary/aromatic N) is 1. The second-order valence-electron chi connectivity index (χ2n) is 10.1. The standard InChI is InChI=1S/C27H30Cl2N2O3/c1-26(2,3)17-27(4,5)18-6-9-20(10-7-18)33-16-25(32)31-30-15-21-11-13-24(34-21)22-14-19(28)8-12-23(22)29/h6-15H,16-17H2,1-5H3,(H,31,32)/b30-15+. The molecule has 5 nitrogen and oxygen atoms in total. The van der Waals surface area contributed by atoms with E-state index in [4.69, 9.17) is 32.4 Å². The summed E-state index contributed by atoms with van der Waals surface area (Å²) in [5.74, 6) is 1.26. The van der Waals surface area contributed by atoms with Crippen LogP contribution < -0.4 is 10.2 Å². The van der Waals surface area contributed by atoms with Crippen LogP contribution in [0, 0.1) is 5.41 Å². The van der Waals surface area contributed by atoms with Crippen molar-refractivity contribution >= 4 is 35.3 Å². The fourth-order valence-electron chi connectivity index (χ4n) is 4.03. The summed E-state index contributed by atoms with van der Waals surface area (Å²) in [6, 6.07) is 16.5. The van der Waals surface area contributed by atoms with Gasteiger partial charge in [-0.2, -0.15) is 5.10 Å². The van der Waals surface area contributed by atoms with Gasteiger partial charge in [-0.15, -0.1) is 0 Å². The molecule has 2 aromatic carbocycles. The quantitative estimate of drug-likeness (QED) is 0.257. The lowest BCUT2D eigenvalue weighted by Crippen LogP contribution is -2.25. The predicted octanol–water partition coefficient (Wildman–Crippen LogP) is 7.50. The second-order valence-corrected chi connectivity index (χ2v) is 10.9. The van der Waals surface area contributed by atoms with Crippen molar-refractivity contribution in [2.24, 2.45) is 10.5 Å². The number of amides is 1. The van der Waals surface area contributed by atoms with Gasteiger partial charge in [0.1, 0.15) is 17.3 Å². The van der Waals surface area contributed by atoms with Gasteiger partial charge in [0, 0.05) is 10.6 Å². The van der Waals surface area contributed by atoms with E-state index in [0.717, 1.165) is 6.42 Å². The minimum atomic E-state index is -0.377. The first kappa shape index (κ1) is 25.9. The molecule has 0 aliphatic rings. The Hall–Kier alpha value is -2.76. The topological polar surface area (TPSA) is 63.8 Å². The highest BCUT2D eigenvalue weighted by Crippen LogP contribution is 2.36. The molecule has 0 aliphatic heterocycles. The molecule has 0 unspecified atom stereocenters. The van der Waals surface area contributed by atoms with Gasteiger partial charge in [-0.05, 0) is 65.3 Å². The van der Waals surface area contributed by atoms with E-state index < -0.39 is 0 Å². The third kappa shape index (κ3) is 7.37. The Labute approximate surface area is 211 Å². The molecular formula is C27H30Cl2N2O3. The Morgan fingerprint density at radius 3 is 2.41 bits per heavy atom. The second kappa shape index (κ2) is 10.7. The summed E-state index contributed by atoms with van der Waals surface area (Å²) < 4.78 is 11.3. The van der Waals surface area contributed by atoms with Gasteiger partial charge < -0.3 is 9.15 Å². The Bertz CT molecular complexity index is 1160. The number of halogens is 2. The zero-order valence-corrected chi connectivity index (χ0v) is 21.6. The maximum atomic E-state index is 12.1. The molecule has 180 valence electrons. The van der Waals surface area contributed by atoms with Gasteiger partial charge >= 0.3 is 0 Å². The fourth-order valence-corrected chi connectivity index (χ4v) is 4.42. The monoisotopic (exact) mass is 500 g/mol. The number of hydrogen-bond donors (Lipinski definition) is 1. The van der Waals surface area contributed by atoms with Crippen molar-refractivity contribution in [3.8, 4) is 17.1 Å². The van der Waals surface area contributed by atoms with Crippen molar-refractivity contribution in [2.45, 2.75) is 46.5 Å². The van der Waals surface area contributed by atoms with Gasteiger partial charge in [0.05, 0.1) is 11.2 Å². The van der Waals surface area contributed by atoms with E-state index in [9.17, 15) is 4.79 Å². The number of rotatable bonds is 8. The molecule has 0 fully saturated rings. The van der Waals surface area contributed by atoms with Crippen LogP contribution in [0.1, 0.15) is 52.4 Å². The average Bonchev–Trinajstić information content (AvgIpc) is 3.21. The molecule has 0 aliphatic carbocycles. The van der Waals surface area contributed by atoms with E-state index >= 15 is 0 Å². The summed E-state index contributed by atoms with van der Waals surface area (Å²) in [5, 5.41) is 5.01. The van der Waals surface area contributed by atoms with E-state index in [0.29, 0.717) is 32.9 Å². The van der Waals surface area contributed by atoms with Crippen LogP contribution in [-0.2, 0) is 10.2 Å². The Morgan fingerprint density at radius 2 is 1.74 bits per heavy atom. The van der Waals surface area contributed by atoms with Crippen LogP contribution in [0.5, 0.6) is 5.75 Å². The first-order chi connectivity index (χ1) is 15.9. The van der Waals surface area contributed by atoms with E-state index in [1.165, 1.54) is 11.8 Å². The zero-order chi connectivity index (χ0) is 24.9. The molecule has 7 heteroatoms. The summed E-state index contributed by atoms with van der Waals surface area (Å²) in [7, 11) is 0. The van der Waals surface area contributed by atoms with Crippen LogP contribution in [0.15, 0.2) is 64.1 Å². The summed E-state index contributed by atoms with van der Waals surface area (Å²) >= 11 is 12.2. The lowest BCUT2D eigenvalue weighted by atomic mass is 9.72. The molecule has 0 atom stereocenters. The third-order valence-corrected chi connectivity index (χ3v) is 5.74. The van der Waals surface area contributed by atoms with Crippen LogP contribution in [0.25, 0.3) is 11.3 Å². The molecule has 0 spiro atoms. The van der Waals surface area contributed by atoms with E-state index in [1.54, 1.807) is 30.3 Å². The molecule has 1 amide bonds. The molecule has 1 aromatic heterocycles. The van der Waals surface area contributed by atoms with Gasteiger partial charge in [0.25, 0.3) is 5.91 Å². The first-order valence-electron chi connectivity index (χ1n) is 11.0. The Morgan fingerprint density at radius 1 is 1.03 bits per heavy atom. The van der Waals surface area contributed by atoms with Crippen molar-refractivity contribution in [1.29, 1.82) is 0 Å². The zero-order valence-electron chi connectivity index (χ0n) is 20.1. The molecular weight excluding hydrogens is 471 g/mol. The minimum absolute atomic E-state index is 0.0483. The lowest BCUT2D eigenvalue weighted by molar-refractivity contribution is -0.123. The lowest BCUT2D eigenvalue weighted by Gasteiger charge is -2.33. The number of furan rings is 1. The number of benzene rings is 2. The summed E-state index contributed by atoms with van der Waals surface area (Å²) in [4.78, 5) is 12.1. The fraction of sp³-hybridized carbons (Fsp3) is 0.333. The van der Waals surface area contributed by atoms with Crippen molar-refractivity contribution in [3.05, 3.63) is 76.0 Å². The summed E-state index contributed by atoms with van der Waals surface area (Å²) in [6.45, 7) is 11.1. The highest BCUT2D eigenvalue weighted by atomic mass is 35.5. The Kier molecular flexibility index (Phi) is 8.11. The highest BCUT2D eigenvalue weighted by molar-refractivity contribution is 6.35. The van der Waals surface area contributed by atoms with Crippen molar-refractivity contribution < 1.29 is 13.9 Å². The van der Waals surface area contributed by atoms with Gasteiger partial charge in [-0.25, -0.2) is 5.43 Å². The molecule has 1 heterocycles. The largest absolute Gasteiger partial charge is 0.484 e. The molecule has 34 heavy (non-hydrogen) atoms. The van der Waals surface area contributed by atoms with E-state index in [2.05, 4.69) is 57.3 Å². The molecule has 0 radical (unpaired) electrons. The summed E-state index contributed by atoms with van der Waals surface area (Å²) in [6.07, 6.45) is 2.47. The first-order valence-corrected chi connectivity index (χ1v) is 11.8. The van der Waals surface area contributed by atoms with Gasteiger partial charge in [0.2, 0.25) is 0 Å². The molecule has 3 aromatic rings. The van der Waals surface area contributed by atoms with Crippen LogP contribution in [-0.4, -0.2) is 18.7 Å². The molecule has 0 bridgehead atoms. The molecule has 0 saturated heterocycles. The van der Waals surface area contributed by atoms with E-state index in [1.807, 2.05) is 12.1 Å². The SMILES string of the molecule is CC(C)(C)CC(C)(C)c1ccc(OCC(=O)N/N=C/c2ccc(-c3cc(Cl)ccc3Cl)o2)cc1. The van der Waals surface area contributed by atoms with Crippen LogP contribution >= 0.6 is 23.2 Å². The predicted molar refractivity (Wildman–Crippen MR) is 139 cm³/mol. The van der Waals surface area contributed by atoms with Gasteiger partial charge in [-0.1, -0.05) is 70.0 Å². The number of carbonyl (C=O) groups is 1. The number of nitrogens with one attached hydrogen (secondary N) is 1. The normalized spacial score (nSPS) is 12.2. The number of hydrogen-bond acceptors (Lipinski definition) is 4.